The number of halogens is 3. The smallest absolute Gasteiger partial charge is 0.422 e. The summed E-state index contributed by atoms with van der Waals surface area (Å²) in [6.45, 7) is 3.56. The van der Waals surface area contributed by atoms with E-state index in [0.29, 0.717) is 28.1 Å². The first-order valence-corrected chi connectivity index (χ1v) is 8.79. The van der Waals surface area contributed by atoms with Crippen molar-refractivity contribution in [1.82, 2.24) is 14.9 Å². The van der Waals surface area contributed by atoms with Gasteiger partial charge in [-0.05, 0) is 31.5 Å². The van der Waals surface area contributed by atoms with E-state index in [4.69, 9.17) is 4.74 Å². The first kappa shape index (κ1) is 20.6. The van der Waals surface area contributed by atoms with Crippen molar-refractivity contribution in [2.75, 3.05) is 11.9 Å². The Balaban J connectivity index is 1.80. The van der Waals surface area contributed by atoms with E-state index in [2.05, 4.69) is 15.3 Å². The summed E-state index contributed by atoms with van der Waals surface area (Å²) in [5.74, 6) is -0.287. The van der Waals surface area contributed by atoms with Gasteiger partial charge in [0.1, 0.15) is 5.82 Å². The van der Waals surface area contributed by atoms with E-state index < -0.39 is 18.8 Å². The number of hydrogen-bond donors (Lipinski definition) is 1. The third-order valence-corrected chi connectivity index (χ3v) is 4.54. The van der Waals surface area contributed by atoms with Crippen LogP contribution in [0.25, 0.3) is 0 Å². The minimum atomic E-state index is -4.45. The minimum Gasteiger partial charge on any atom is -0.468 e. The molecule has 1 atom stereocenters. The Morgan fingerprint density at radius 3 is 2.72 bits per heavy atom. The number of rotatable bonds is 5. The molecule has 2 aromatic heterocycles. The third kappa shape index (κ3) is 4.47. The molecule has 0 spiro atoms. The highest BCUT2D eigenvalue weighted by Crippen LogP contribution is 2.34. The standard InChI is InChI=1S/C19H19F3N4O3/c1-10-6-13(7-24-17(10)29-9-19(20,21)22)11(2)26-8-15-14(18(26)28)4-5-23-16(15)25-12(3)27/h4-7,11H,8-9H2,1-3H3,(H,23,25,27). The monoisotopic (exact) mass is 408 g/mol. The molecule has 0 fully saturated rings. The summed E-state index contributed by atoms with van der Waals surface area (Å²) >= 11 is 0. The fraction of sp³-hybridized carbons (Fsp3) is 0.368. The summed E-state index contributed by atoms with van der Waals surface area (Å²) in [4.78, 5) is 33.9. The van der Waals surface area contributed by atoms with Gasteiger partial charge in [0.15, 0.2) is 6.61 Å². The Kier molecular flexibility index (Phi) is 5.45. The Morgan fingerprint density at radius 1 is 1.38 bits per heavy atom. The molecule has 0 saturated heterocycles. The molecule has 154 valence electrons. The molecule has 0 saturated carbocycles. The van der Waals surface area contributed by atoms with Crippen LogP contribution in [-0.4, -0.2) is 39.5 Å². The van der Waals surface area contributed by atoms with E-state index in [1.165, 1.54) is 19.3 Å². The van der Waals surface area contributed by atoms with Gasteiger partial charge in [0.2, 0.25) is 11.8 Å². The van der Waals surface area contributed by atoms with E-state index >= 15 is 0 Å². The number of nitrogens with one attached hydrogen (secondary N) is 1. The lowest BCUT2D eigenvalue weighted by Gasteiger charge is -2.25. The van der Waals surface area contributed by atoms with Crippen LogP contribution in [0.15, 0.2) is 24.5 Å². The normalized spacial score (nSPS) is 14.6. The van der Waals surface area contributed by atoms with Crippen LogP contribution in [-0.2, 0) is 11.3 Å². The second-order valence-corrected chi connectivity index (χ2v) is 6.77. The van der Waals surface area contributed by atoms with Gasteiger partial charge in [0.25, 0.3) is 5.91 Å². The van der Waals surface area contributed by atoms with Crippen LogP contribution in [0, 0.1) is 6.92 Å². The van der Waals surface area contributed by atoms with Crippen LogP contribution >= 0.6 is 0 Å². The van der Waals surface area contributed by atoms with Crippen molar-refractivity contribution < 1.29 is 27.5 Å². The van der Waals surface area contributed by atoms with E-state index in [9.17, 15) is 22.8 Å². The second kappa shape index (κ2) is 7.69. The second-order valence-electron chi connectivity index (χ2n) is 6.77. The topological polar surface area (TPSA) is 84.4 Å². The molecular weight excluding hydrogens is 389 g/mol. The van der Waals surface area contributed by atoms with Crippen molar-refractivity contribution in [2.24, 2.45) is 0 Å². The zero-order valence-electron chi connectivity index (χ0n) is 16.0. The van der Waals surface area contributed by atoms with Crippen LogP contribution in [0.5, 0.6) is 5.88 Å². The Morgan fingerprint density at radius 2 is 2.10 bits per heavy atom. The van der Waals surface area contributed by atoms with Crippen LogP contribution in [0.1, 0.15) is 46.9 Å². The fourth-order valence-corrected chi connectivity index (χ4v) is 3.13. The summed E-state index contributed by atoms with van der Waals surface area (Å²) < 4.78 is 41.7. The van der Waals surface area contributed by atoms with Crippen molar-refractivity contribution in [3.05, 3.63) is 46.8 Å². The third-order valence-electron chi connectivity index (χ3n) is 4.54. The van der Waals surface area contributed by atoms with Gasteiger partial charge in [-0.25, -0.2) is 9.97 Å². The SMILES string of the molecule is CC(=O)Nc1nccc2c1CN(C(C)c1cnc(OCC(F)(F)F)c(C)c1)C2=O. The number of alkyl halides is 3. The van der Waals surface area contributed by atoms with Crippen molar-refractivity contribution in [3.8, 4) is 5.88 Å². The average Bonchev–Trinajstić information content (AvgIpc) is 2.97. The van der Waals surface area contributed by atoms with Crippen LogP contribution < -0.4 is 10.1 Å². The van der Waals surface area contributed by atoms with E-state index in [0.717, 1.165) is 0 Å². The molecule has 0 aromatic carbocycles. The largest absolute Gasteiger partial charge is 0.468 e. The summed E-state index contributed by atoms with van der Waals surface area (Å²) in [5.41, 5.74) is 2.15. The fourth-order valence-electron chi connectivity index (χ4n) is 3.13. The lowest BCUT2D eigenvalue weighted by molar-refractivity contribution is -0.154. The molecule has 1 N–H and O–H groups in total. The van der Waals surface area contributed by atoms with E-state index in [1.54, 1.807) is 30.9 Å². The molecule has 7 nitrogen and oxygen atoms in total. The molecular formula is C19H19F3N4O3. The number of pyridine rings is 2. The molecule has 3 rings (SSSR count). The van der Waals surface area contributed by atoms with Gasteiger partial charge < -0.3 is 15.0 Å². The van der Waals surface area contributed by atoms with Crippen LogP contribution in [0.4, 0.5) is 19.0 Å². The molecule has 2 aromatic rings. The van der Waals surface area contributed by atoms with Crippen LogP contribution in [0.2, 0.25) is 0 Å². The van der Waals surface area contributed by atoms with Gasteiger partial charge in [-0.2, -0.15) is 13.2 Å². The van der Waals surface area contributed by atoms with Gasteiger partial charge in [-0.1, -0.05) is 0 Å². The predicted octanol–water partition coefficient (Wildman–Crippen LogP) is 3.40. The number of nitrogens with zero attached hydrogens (tertiary/aromatic N) is 3. The lowest BCUT2D eigenvalue weighted by Crippen LogP contribution is -2.27. The molecule has 10 heteroatoms. The number of ether oxygens (including phenoxy) is 1. The molecule has 29 heavy (non-hydrogen) atoms. The Hall–Kier alpha value is -3.17. The van der Waals surface area contributed by atoms with E-state index in [-0.39, 0.29) is 24.2 Å². The number of aryl methyl sites for hydroxylation is 1. The Bertz CT molecular complexity index is 962. The number of fused-ring (bicyclic) bond motifs is 1. The van der Waals surface area contributed by atoms with Gasteiger partial charge in [-0.15, -0.1) is 0 Å². The van der Waals surface area contributed by atoms with Crippen LogP contribution in [0.3, 0.4) is 0 Å². The molecule has 3 heterocycles. The first-order valence-electron chi connectivity index (χ1n) is 8.79. The highest BCUT2D eigenvalue weighted by molar-refractivity contribution is 6.01. The van der Waals surface area contributed by atoms with Crippen molar-refractivity contribution in [1.29, 1.82) is 0 Å². The molecule has 1 unspecified atom stereocenters. The van der Waals surface area contributed by atoms with Gasteiger partial charge >= 0.3 is 6.18 Å². The number of carbonyl (C=O) groups excluding carboxylic acids is 2. The molecule has 0 radical (unpaired) electrons. The molecule has 0 bridgehead atoms. The molecule has 1 aliphatic rings. The van der Waals surface area contributed by atoms with E-state index in [1.807, 2.05) is 0 Å². The molecule has 0 aliphatic carbocycles. The number of anilines is 1. The predicted molar refractivity (Wildman–Crippen MR) is 97.4 cm³/mol. The lowest BCUT2D eigenvalue weighted by atomic mass is 10.1. The first-order chi connectivity index (χ1) is 13.6. The summed E-state index contributed by atoms with van der Waals surface area (Å²) in [6, 6.07) is 2.84. The molecule has 1 aliphatic heterocycles. The zero-order chi connectivity index (χ0) is 21.3. The number of amides is 2. The van der Waals surface area contributed by atoms with Crippen molar-refractivity contribution >= 4 is 17.6 Å². The number of aromatic nitrogens is 2. The highest BCUT2D eigenvalue weighted by atomic mass is 19.4. The van der Waals surface area contributed by atoms with Gasteiger partial charge in [0.05, 0.1) is 12.6 Å². The summed E-state index contributed by atoms with van der Waals surface area (Å²) in [6.07, 6.45) is -1.60. The Labute approximate surface area is 164 Å². The number of carbonyl (C=O) groups is 2. The maximum atomic E-state index is 12.8. The highest BCUT2D eigenvalue weighted by Gasteiger charge is 2.34. The summed E-state index contributed by atoms with van der Waals surface area (Å²) in [5, 5.41) is 2.62. The maximum absolute atomic E-state index is 12.8. The summed E-state index contributed by atoms with van der Waals surface area (Å²) in [7, 11) is 0. The van der Waals surface area contributed by atoms with Gasteiger partial charge in [-0.3, -0.25) is 9.59 Å². The zero-order valence-corrected chi connectivity index (χ0v) is 16.0. The molecule has 2 amide bonds. The quantitative estimate of drug-likeness (QED) is 0.820. The average molecular weight is 408 g/mol. The maximum Gasteiger partial charge on any atom is 0.422 e. The van der Waals surface area contributed by atoms with Crippen molar-refractivity contribution in [3.63, 3.8) is 0 Å². The van der Waals surface area contributed by atoms with Gasteiger partial charge in [0, 0.05) is 36.0 Å². The number of hydrogen-bond acceptors (Lipinski definition) is 5. The van der Waals surface area contributed by atoms with Crippen molar-refractivity contribution in [2.45, 2.75) is 39.5 Å². The minimum absolute atomic E-state index is 0.105.